The fraction of sp³-hybridized carbons (Fsp3) is 0.615. The number of rotatable bonds is 5. The van der Waals surface area contributed by atoms with Crippen LogP contribution in [0.25, 0.3) is 0 Å². The van der Waals surface area contributed by atoms with Crippen molar-refractivity contribution < 1.29 is 9.59 Å². The highest BCUT2D eigenvalue weighted by Gasteiger charge is 2.29. The second-order valence-electron chi connectivity index (χ2n) is 5.32. The second-order valence-corrected chi connectivity index (χ2v) is 5.32. The highest BCUT2D eigenvalue weighted by Crippen LogP contribution is 2.28. The molecule has 2 amide bonds. The molecule has 3 rings (SSSR count). The molecule has 7 heteroatoms. The molecule has 0 radical (unpaired) electrons. The number of fused-ring (bicyclic) bond motifs is 1. The number of hydrogen-bond acceptors (Lipinski definition) is 4. The number of amides is 2. The van der Waals surface area contributed by atoms with Crippen LogP contribution in [0.3, 0.4) is 0 Å². The van der Waals surface area contributed by atoms with E-state index in [0.717, 1.165) is 24.2 Å². The molecule has 2 aliphatic rings. The molecule has 20 heavy (non-hydrogen) atoms. The third-order valence-corrected chi connectivity index (χ3v) is 3.72. The van der Waals surface area contributed by atoms with Crippen LogP contribution in [0.2, 0.25) is 0 Å². The van der Waals surface area contributed by atoms with Crippen molar-refractivity contribution >= 4 is 11.8 Å². The van der Waals surface area contributed by atoms with Gasteiger partial charge >= 0.3 is 0 Å². The van der Waals surface area contributed by atoms with Crippen LogP contribution in [0.15, 0.2) is 6.33 Å². The van der Waals surface area contributed by atoms with Crippen LogP contribution in [-0.2, 0) is 22.6 Å². The summed E-state index contributed by atoms with van der Waals surface area (Å²) in [5, 5.41) is 8.83. The van der Waals surface area contributed by atoms with Crippen molar-refractivity contribution in [3.8, 4) is 0 Å². The van der Waals surface area contributed by atoms with E-state index in [1.165, 1.54) is 0 Å². The van der Waals surface area contributed by atoms with Gasteiger partial charge in [-0.1, -0.05) is 0 Å². The molecule has 1 aromatic rings. The number of carbonyl (C=O) groups excluding carboxylic acids is 2. The van der Waals surface area contributed by atoms with Gasteiger partial charge in [-0.15, -0.1) is 0 Å². The molecule has 0 bridgehead atoms. The Morgan fingerprint density at radius 1 is 1.25 bits per heavy atom. The van der Waals surface area contributed by atoms with Crippen LogP contribution in [0, 0.1) is 5.92 Å². The van der Waals surface area contributed by atoms with Crippen LogP contribution >= 0.6 is 0 Å². The first kappa shape index (κ1) is 13.1. The van der Waals surface area contributed by atoms with Crippen LogP contribution in [0.1, 0.15) is 24.2 Å². The van der Waals surface area contributed by atoms with Crippen LogP contribution in [-0.4, -0.2) is 40.9 Å². The summed E-state index contributed by atoms with van der Waals surface area (Å²) in [6.45, 7) is 1.58. The van der Waals surface area contributed by atoms with Gasteiger partial charge in [-0.2, -0.15) is 0 Å². The molecule has 2 heterocycles. The largest absolute Gasteiger partial charge is 0.354 e. The van der Waals surface area contributed by atoms with Crippen molar-refractivity contribution in [1.82, 2.24) is 25.9 Å². The lowest BCUT2D eigenvalue weighted by molar-refractivity contribution is -0.124. The Morgan fingerprint density at radius 2 is 2.00 bits per heavy atom. The minimum Gasteiger partial charge on any atom is -0.354 e. The average molecular weight is 277 g/mol. The summed E-state index contributed by atoms with van der Waals surface area (Å²) in [6, 6.07) is -0.245. The standard InChI is InChI=1S/C13H19N5O2/c19-12(8-1-2-8)14-3-4-15-13(20)10-5-9-11(6-16-10)18-7-17-9/h7-8,10,16H,1-6H2,(H,14,19)(H,15,20)(H,17,18). The van der Waals surface area contributed by atoms with Crippen LogP contribution < -0.4 is 16.0 Å². The van der Waals surface area contributed by atoms with Gasteiger partial charge in [0.05, 0.1) is 23.8 Å². The smallest absolute Gasteiger partial charge is 0.237 e. The number of aromatic nitrogens is 2. The molecule has 4 N–H and O–H groups in total. The number of H-pyrrole nitrogens is 1. The first-order valence-corrected chi connectivity index (χ1v) is 7.04. The molecule has 1 fully saturated rings. The number of nitrogens with zero attached hydrogens (tertiary/aromatic N) is 1. The number of hydrogen-bond donors (Lipinski definition) is 4. The van der Waals surface area contributed by atoms with Gasteiger partial charge in [0.2, 0.25) is 11.8 Å². The van der Waals surface area contributed by atoms with Gasteiger partial charge < -0.3 is 15.6 Å². The maximum absolute atomic E-state index is 12.0. The molecular formula is C13H19N5O2. The van der Waals surface area contributed by atoms with Crippen molar-refractivity contribution in [3.05, 3.63) is 17.7 Å². The molecule has 1 aromatic heterocycles. The predicted molar refractivity (Wildman–Crippen MR) is 71.7 cm³/mol. The number of nitrogens with one attached hydrogen (secondary N) is 4. The lowest BCUT2D eigenvalue weighted by Crippen LogP contribution is -2.49. The van der Waals surface area contributed by atoms with Crippen molar-refractivity contribution in [2.75, 3.05) is 13.1 Å². The van der Waals surface area contributed by atoms with E-state index in [9.17, 15) is 9.59 Å². The van der Waals surface area contributed by atoms with E-state index in [1.807, 2.05) is 0 Å². The lowest BCUT2D eigenvalue weighted by Gasteiger charge is -2.22. The Morgan fingerprint density at radius 3 is 2.75 bits per heavy atom. The first-order valence-electron chi connectivity index (χ1n) is 7.04. The van der Waals surface area contributed by atoms with Gasteiger partial charge in [-0.25, -0.2) is 4.98 Å². The number of carbonyl (C=O) groups is 2. The molecule has 1 saturated carbocycles. The van der Waals surface area contributed by atoms with Gasteiger partial charge in [0.1, 0.15) is 0 Å². The SMILES string of the molecule is O=C(NCCNC(=O)C1Cc2nc[nH]c2CN1)C1CC1. The van der Waals surface area contributed by atoms with E-state index in [-0.39, 0.29) is 23.8 Å². The molecule has 1 aliphatic heterocycles. The van der Waals surface area contributed by atoms with E-state index in [4.69, 9.17) is 0 Å². The molecular weight excluding hydrogens is 258 g/mol. The lowest BCUT2D eigenvalue weighted by atomic mass is 10.0. The van der Waals surface area contributed by atoms with Gasteiger partial charge in [0.15, 0.2) is 0 Å². The molecule has 0 saturated heterocycles. The molecule has 108 valence electrons. The molecule has 0 aromatic carbocycles. The van der Waals surface area contributed by atoms with E-state index in [0.29, 0.717) is 26.1 Å². The Labute approximate surface area is 116 Å². The van der Waals surface area contributed by atoms with Gasteiger partial charge in [-0.05, 0) is 12.8 Å². The van der Waals surface area contributed by atoms with Gasteiger partial charge in [-0.3, -0.25) is 14.9 Å². The normalized spacial score (nSPS) is 21.1. The zero-order valence-electron chi connectivity index (χ0n) is 11.2. The molecule has 0 spiro atoms. The van der Waals surface area contributed by atoms with E-state index < -0.39 is 0 Å². The Hall–Kier alpha value is -1.89. The molecule has 1 aliphatic carbocycles. The van der Waals surface area contributed by atoms with Crippen molar-refractivity contribution in [2.45, 2.75) is 31.8 Å². The maximum Gasteiger partial charge on any atom is 0.237 e. The molecule has 7 nitrogen and oxygen atoms in total. The molecule has 1 atom stereocenters. The number of aromatic amines is 1. The molecule has 1 unspecified atom stereocenters. The summed E-state index contributed by atoms with van der Waals surface area (Å²) in [5.74, 6) is 0.277. The summed E-state index contributed by atoms with van der Waals surface area (Å²) in [5.41, 5.74) is 2.00. The Kier molecular flexibility index (Phi) is 3.68. The third-order valence-electron chi connectivity index (χ3n) is 3.72. The van der Waals surface area contributed by atoms with Crippen LogP contribution in [0.4, 0.5) is 0 Å². The summed E-state index contributed by atoms with van der Waals surface area (Å²) in [4.78, 5) is 30.7. The average Bonchev–Trinajstić information content (AvgIpc) is 3.20. The minimum absolute atomic E-state index is 0.0423. The topological polar surface area (TPSA) is 98.9 Å². The highest BCUT2D eigenvalue weighted by molar-refractivity contribution is 5.83. The van der Waals surface area contributed by atoms with Crippen molar-refractivity contribution in [2.24, 2.45) is 5.92 Å². The fourth-order valence-electron chi connectivity index (χ4n) is 2.34. The quantitative estimate of drug-likeness (QED) is 0.522. The summed E-state index contributed by atoms with van der Waals surface area (Å²) >= 11 is 0. The van der Waals surface area contributed by atoms with E-state index >= 15 is 0 Å². The summed E-state index contributed by atoms with van der Waals surface area (Å²) in [6.07, 6.45) is 4.24. The van der Waals surface area contributed by atoms with Gasteiger partial charge in [0, 0.05) is 32.0 Å². The highest BCUT2D eigenvalue weighted by atomic mass is 16.2. The number of imidazole rings is 1. The zero-order valence-corrected chi connectivity index (χ0v) is 11.2. The minimum atomic E-state index is -0.245. The second kappa shape index (κ2) is 5.62. The fourth-order valence-corrected chi connectivity index (χ4v) is 2.34. The van der Waals surface area contributed by atoms with E-state index in [1.54, 1.807) is 6.33 Å². The Balaban J connectivity index is 1.38. The third kappa shape index (κ3) is 2.98. The monoisotopic (exact) mass is 277 g/mol. The zero-order chi connectivity index (χ0) is 13.9. The Bertz CT molecular complexity index is 509. The van der Waals surface area contributed by atoms with Crippen LogP contribution in [0.5, 0.6) is 0 Å². The van der Waals surface area contributed by atoms with Crippen molar-refractivity contribution in [1.29, 1.82) is 0 Å². The van der Waals surface area contributed by atoms with E-state index in [2.05, 4.69) is 25.9 Å². The first-order chi connectivity index (χ1) is 9.74. The maximum atomic E-state index is 12.0. The van der Waals surface area contributed by atoms with Crippen molar-refractivity contribution in [3.63, 3.8) is 0 Å². The summed E-state index contributed by atoms with van der Waals surface area (Å²) in [7, 11) is 0. The van der Waals surface area contributed by atoms with Gasteiger partial charge in [0.25, 0.3) is 0 Å². The summed E-state index contributed by atoms with van der Waals surface area (Å²) < 4.78 is 0. The predicted octanol–water partition coefficient (Wildman–Crippen LogP) is -0.934.